The van der Waals surface area contributed by atoms with Crippen molar-refractivity contribution in [2.75, 3.05) is 13.2 Å². The van der Waals surface area contributed by atoms with E-state index in [-0.39, 0.29) is 18.5 Å². The molecule has 2 atom stereocenters. The largest absolute Gasteiger partial charge is 0.466 e. The average molecular weight is 842 g/mol. The first-order valence-electron chi connectivity index (χ1n) is 25.9. The molecule has 6 nitrogen and oxygen atoms in total. The van der Waals surface area contributed by atoms with Gasteiger partial charge in [-0.2, -0.15) is 0 Å². The smallest absolute Gasteiger partial charge is 0.305 e. The topological polar surface area (TPSA) is 95.9 Å². The molecule has 350 valence electrons. The zero-order chi connectivity index (χ0) is 43.7. The van der Waals surface area contributed by atoms with Crippen LogP contribution in [0.1, 0.15) is 258 Å². The monoisotopic (exact) mass is 842 g/mol. The van der Waals surface area contributed by atoms with Gasteiger partial charge in [0, 0.05) is 12.8 Å². The lowest BCUT2D eigenvalue weighted by Gasteiger charge is -2.19. The number of rotatable bonds is 47. The van der Waals surface area contributed by atoms with Gasteiger partial charge >= 0.3 is 5.97 Å². The molecule has 0 aliphatic heterocycles. The summed E-state index contributed by atoms with van der Waals surface area (Å²) in [4.78, 5) is 24.4. The summed E-state index contributed by atoms with van der Waals surface area (Å²) >= 11 is 0. The van der Waals surface area contributed by atoms with Crippen molar-refractivity contribution in [3.05, 3.63) is 48.6 Å². The average Bonchev–Trinajstić information content (AvgIpc) is 3.25. The number of aliphatic hydroxyl groups excluding tert-OH is 2. The molecule has 0 rings (SSSR count). The van der Waals surface area contributed by atoms with Crippen molar-refractivity contribution < 1.29 is 24.5 Å². The summed E-state index contributed by atoms with van der Waals surface area (Å²) in [6, 6.07) is -0.649. The van der Waals surface area contributed by atoms with Crippen LogP contribution in [0.3, 0.4) is 0 Å². The summed E-state index contributed by atoms with van der Waals surface area (Å²) in [5.41, 5.74) is 0. The molecule has 3 N–H and O–H groups in total. The molecule has 0 aromatic carbocycles. The Morgan fingerprint density at radius 1 is 0.467 bits per heavy atom. The van der Waals surface area contributed by atoms with Crippen LogP contribution < -0.4 is 5.32 Å². The Kier molecular flexibility index (Phi) is 47.7. The van der Waals surface area contributed by atoms with Gasteiger partial charge in [0.05, 0.1) is 25.4 Å². The predicted octanol–water partition coefficient (Wildman–Crippen LogP) is 15.5. The van der Waals surface area contributed by atoms with Crippen molar-refractivity contribution in [2.24, 2.45) is 0 Å². The summed E-state index contributed by atoms with van der Waals surface area (Å²) in [5, 5.41) is 23.0. The van der Waals surface area contributed by atoms with E-state index in [1.165, 1.54) is 148 Å². The van der Waals surface area contributed by atoms with Gasteiger partial charge in [0.15, 0.2) is 0 Å². The minimum atomic E-state index is -0.862. The molecule has 0 saturated carbocycles. The highest BCUT2D eigenvalue weighted by atomic mass is 16.5. The molecular formula is C54H99NO5. The van der Waals surface area contributed by atoms with Crippen molar-refractivity contribution in [1.29, 1.82) is 0 Å². The molecule has 0 spiro atoms. The molecule has 1 amide bonds. The fraction of sp³-hybridized carbons (Fsp3) is 0.815. The van der Waals surface area contributed by atoms with Crippen LogP contribution in [0.5, 0.6) is 0 Å². The third kappa shape index (κ3) is 45.3. The number of esters is 1. The molecule has 0 aromatic rings. The van der Waals surface area contributed by atoms with Crippen LogP contribution in [0.2, 0.25) is 0 Å². The highest BCUT2D eigenvalue weighted by molar-refractivity contribution is 5.76. The normalized spacial score (nSPS) is 13.1. The highest BCUT2D eigenvalue weighted by Gasteiger charge is 2.18. The molecule has 0 saturated heterocycles. The van der Waals surface area contributed by atoms with E-state index in [1.807, 2.05) is 6.08 Å². The van der Waals surface area contributed by atoms with E-state index >= 15 is 0 Å². The van der Waals surface area contributed by atoms with Gasteiger partial charge in [-0.05, 0) is 89.9 Å². The molecular weight excluding hydrogens is 743 g/mol. The number of hydrogen-bond acceptors (Lipinski definition) is 5. The van der Waals surface area contributed by atoms with E-state index in [0.717, 1.165) is 83.5 Å². The number of carbonyl (C=O) groups is 2. The summed E-state index contributed by atoms with van der Waals surface area (Å²) in [5.74, 6) is -0.129. The second kappa shape index (κ2) is 49.5. The number of nitrogens with one attached hydrogen (secondary N) is 1. The number of allylic oxidation sites excluding steroid dienone is 7. The third-order valence-corrected chi connectivity index (χ3v) is 11.6. The molecule has 0 bridgehead atoms. The van der Waals surface area contributed by atoms with Crippen LogP contribution >= 0.6 is 0 Å². The van der Waals surface area contributed by atoms with Crippen LogP contribution in [-0.2, 0) is 14.3 Å². The summed E-state index contributed by atoms with van der Waals surface area (Å²) in [6.45, 7) is 4.82. The molecule has 0 aliphatic rings. The second-order valence-electron chi connectivity index (χ2n) is 17.5. The first-order valence-corrected chi connectivity index (χ1v) is 25.9. The Labute approximate surface area is 372 Å². The first-order chi connectivity index (χ1) is 29.5. The molecule has 6 heteroatoms. The Morgan fingerprint density at radius 2 is 0.833 bits per heavy atom. The molecule has 0 radical (unpaired) electrons. The van der Waals surface area contributed by atoms with E-state index < -0.39 is 12.1 Å². The van der Waals surface area contributed by atoms with Crippen molar-refractivity contribution in [1.82, 2.24) is 5.32 Å². The maximum absolute atomic E-state index is 12.4. The van der Waals surface area contributed by atoms with Crippen molar-refractivity contribution in [2.45, 2.75) is 270 Å². The Hall–Kier alpha value is -2.18. The fourth-order valence-corrected chi connectivity index (χ4v) is 7.54. The van der Waals surface area contributed by atoms with E-state index in [1.54, 1.807) is 6.08 Å². The maximum Gasteiger partial charge on any atom is 0.305 e. The molecule has 0 aliphatic carbocycles. The maximum atomic E-state index is 12.4. The zero-order valence-corrected chi connectivity index (χ0v) is 39.7. The fourth-order valence-electron chi connectivity index (χ4n) is 7.54. The number of unbranched alkanes of at least 4 members (excludes halogenated alkanes) is 30. The first kappa shape index (κ1) is 57.8. The van der Waals surface area contributed by atoms with Crippen LogP contribution in [0.15, 0.2) is 48.6 Å². The molecule has 2 unspecified atom stereocenters. The van der Waals surface area contributed by atoms with Gasteiger partial charge in [-0.15, -0.1) is 0 Å². The predicted molar refractivity (Wildman–Crippen MR) is 259 cm³/mol. The van der Waals surface area contributed by atoms with Gasteiger partial charge in [0.2, 0.25) is 5.91 Å². The summed E-state index contributed by atoms with van der Waals surface area (Å²) in [6.07, 6.45) is 61.0. The van der Waals surface area contributed by atoms with Gasteiger partial charge in [-0.1, -0.05) is 204 Å². The lowest BCUT2D eigenvalue weighted by molar-refractivity contribution is -0.143. The molecule has 60 heavy (non-hydrogen) atoms. The van der Waals surface area contributed by atoms with Gasteiger partial charge in [0.25, 0.3) is 0 Å². The molecule has 0 fully saturated rings. The minimum absolute atomic E-state index is 0.0289. The van der Waals surface area contributed by atoms with Crippen molar-refractivity contribution >= 4 is 11.9 Å². The quantitative estimate of drug-likeness (QED) is 0.0322. The lowest BCUT2D eigenvalue weighted by atomic mass is 10.0. The number of ether oxygens (including phenoxy) is 1. The Bertz CT molecular complexity index is 1020. The minimum Gasteiger partial charge on any atom is -0.466 e. The summed E-state index contributed by atoms with van der Waals surface area (Å²) in [7, 11) is 0. The third-order valence-electron chi connectivity index (χ3n) is 11.6. The number of aliphatic hydroxyl groups is 2. The van der Waals surface area contributed by atoms with Crippen LogP contribution in [0, 0.1) is 0 Å². The highest BCUT2D eigenvalue weighted by Crippen LogP contribution is 2.14. The van der Waals surface area contributed by atoms with Gasteiger partial charge in [0.1, 0.15) is 0 Å². The lowest BCUT2D eigenvalue weighted by Crippen LogP contribution is -2.45. The van der Waals surface area contributed by atoms with Crippen LogP contribution in [0.25, 0.3) is 0 Å². The van der Waals surface area contributed by atoms with E-state index in [4.69, 9.17) is 4.74 Å². The van der Waals surface area contributed by atoms with E-state index in [9.17, 15) is 19.8 Å². The molecule has 0 heterocycles. The van der Waals surface area contributed by atoms with Gasteiger partial charge in [-0.3, -0.25) is 9.59 Å². The van der Waals surface area contributed by atoms with Gasteiger partial charge in [-0.25, -0.2) is 0 Å². The number of hydrogen-bond donors (Lipinski definition) is 3. The summed E-state index contributed by atoms with van der Waals surface area (Å²) < 4.78 is 5.45. The zero-order valence-electron chi connectivity index (χ0n) is 39.7. The van der Waals surface area contributed by atoms with E-state index in [2.05, 4.69) is 55.6 Å². The number of amides is 1. The second-order valence-corrected chi connectivity index (χ2v) is 17.5. The SMILES string of the molecule is CCCCC/C=C\C/C=C\CCCCCCCC(=O)OCCCCCCCC/C=C\CCCCCC(=O)NC(CO)C(O)/C=C/CCCCCCCCCCCCCCC. The Balaban J connectivity index is 3.55. The van der Waals surface area contributed by atoms with Crippen molar-refractivity contribution in [3.8, 4) is 0 Å². The Morgan fingerprint density at radius 3 is 1.33 bits per heavy atom. The molecule has 0 aromatic heterocycles. The van der Waals surface area contributed by atoms with Gasteiger partial charge < -0.3 is 20.3 Å². The van der Waals surface area contributed by atoms with E-state index in [0.29, 0.717) is 19.4 Å². The number of carbonyl (C=O) groups excluding carboxylic acids is 2. The van der Waals surface area contributed by atoms with Crippen LogP contribution in [0.4, 0.5) is 0 Å². The van der Waals surface area contributed by atoms with Crippen molar-refractivity contribution in [3.63, 3.8) is 0 Å². The van der Waals surface area contributed by atoms with Crippen LogP contribution in [-0.4, -0.2) is 47.4 Å². The standard InChI is InChI=1S/C54H99NO5/c1-3-5-7-9-11-13-15-17-19-22-26-30-34-38-42-46-52(57)51(50-56)55-53(58)47-43-39-35-31-27-23-21-25-29-33-37-41-45-49-60-54(59)48-44-40-36-32-28-24-20-18-16-14-12-10-8-6-4-2/h12,14,18,20,23,27,42,46,51-52,56-57H,3-11,13,15-17,19,21-22,24-26,28-41,43-45,47-50H2,1-2H3,(H,55,58)/b14-12-,20-18-,27-23-,46-42+.